The van der Waals surface area contributed by atoms with Crippen molar-refractivity contribution >= 4 is 11.0 Å². The molecule has 3 nitrogen and oxygen atoms in total. The number of hydrogen-bond acceptors (Lipinski definition) is 2. The number of aromatic nitrogens is 2. The van der Waals surface area contributed by atoms with Gasteiger partial charge in [-0.3, -0.25) is 0 Å². The number of hydrogen-bond donors (Lipinski definition) is 1. The Labute approximate surface area is 69.7 Å². The molecule has 1 heterocycles. The highest BCUT2D eigenvalue weighted by atomic mass is 14.9. The van der Waals surface area contributed by atoms with Gasteiger partial charge in [-0.15, -0.1) is 0 Å². The van der Waals surface area contributed by atoms with Crippen LogP contribution in [-0.4, -0.2) is 9.97 Å². The van der Waals surface area contributed by atoms with Gasteiger partial charge in [0.2, 0.25) is 5.82 Å². The van der Waals surface area contributed by atoms with E-state index >= 15 is 0 Å². The number of rotatable bonds is 0. The molecule has 0 bridgehead atoms. The minimum absolute atomic E-state index is 0.374. The molecule has 0 radical (unpaired) electrons. The molecular formula is C9H7N3. The van der Waals surface area contributed by atoms with E-state index in [0.29, 0.717) is 5.82 Å². The fourth-order valence-corrected chi connectivity index (χ4v) is 1.23. The van der Waals surface area contributed by atoms with E-state index in [2.05, 4.69) is 9.97 Å². The van der Waals surface area contributed by atoms with Gasteiger partial charge in [-0.1, -0.05) is 12.1 Å². The molecule has 2 rings (SSSR count). The Morgan fingerprint density at radius 2 is 2.33 bits per heavy atom. The third-order valence-electron chi connectivity index (χ3n) is 1.82. The summed E-state index contributed by atoms with van der Waals surface area (Å²) in [5.74, 6) is 0.374. The first-order valence-corrected chi connectivity index (χ1v) is 3.66. The van der Waals surface area contributed by atoms with Crippen LogP contribution in [0.25, 0.3) is 11.0 Å². The van der Waals surface area contributed by atoms with E-state index in [1.165, 1.54) is 0 Å². The van der Waals surface area contributed by atoms with Gasteiger partial charge in [0, 0.05) is 0 Å². The Morgan fingerprint density at radius 3 is 3.00 bits per heavy atom. The molecular weight excluding hydrogens is 150 g/mol. The number of nitriles is 1. The highest BCUT2D eigenvalue weighted by molar-refractivity contribution is 5.78. The first-order valence-electron chi connectivity index (χ1n) is 3.66. The van der Waals surface area contributed by atoms with Crippen LogP contribution in [0.15, 0.2) is 18.2 Å². The smallest absolute Gasteiger partial charge is 0.211 e. The van der Waals surface area contributed by atoms with Crippen molar-refractivity contribution in [2.45, 2.75) is 6.92 Å². The lowest BCUT2D eigenvalue weighted by Crippen LogP contribution is -1.74. The number of benzene rings is 1. The van der Waals surface area contributed by atoms with Crippen molar-refractivity contribution in [1.29, 1.82) is 5.26 Å². The normalized spacial score (nSPS) is 10.0. The van der Waals surface area contributed by atoms with Crippen molar-refractivity contribution in [2.75, 3.05) is 0 Å². The second-order valence-electron chi connectivity index (χ2n) is 2.67. The SMILES string of the molecule is Cc1cccc2[nH]c(C#N)nc12. The summed E-state index contributed by atoms with van der Waals surface area (Å²) in [7, 11) is 0. The van der Waals surface area contributed by atoms with Gasteiger partial charge in [-0.25, -0.2) is 4.98 Å². The van der Waals surface area contributed by atoms with Gasteiger partial charge in [0.15, 0.2) is 0 Å². The maximum atomic E-state index is 8.59. The first-order chi connectivity index (χ1) is 5.81. The van der Waals surface area contributed by atoms with Crippen molar-refractivity contribution in [3.8, 4) is 6.07 Å². The van der Waals surface area contributed by atoms with Crippen LogP contribution in [0.1, 0.15) is 11.4 Å². The molecule has 1 aromatic heterocycles. The van der Waals surface area contributed by atoms with Crippen molar-refractivity contribution in [3.05, 3.63) is 29.6 Å². The van der Waals surface area contributed by atoms with Crippen molar-refractivity contribution in [3.63, 3.8) is 0 Å². The summed E-state index contributed by atoms with van der Waals surface area (Å²) in [5, 5.41) is 8.59. The van der Waals surface area contributed by atoms with E-state index in [1.54, 1.807) is 0 Å². The molecule has 12 heavy (non-hydrogen) atoms. The van der Waals surface area contributed by atoms with Gasteiger partial charge >= 0.3 is 0 Å². The second kappa shape index (κ2) is 2.35. The molecule has 58 valence electrons. The number of aryl methyl sites for hydroxylation is 1. The maximum absolute atomic E-state index is 8.59. The second-order valence-corrected chi connectivity index (χ2v) is 2.67. The molecule has 0 fully saturated rings. The Hall–Kier alpha value is -1.82. The lowest BCUT2D eigenvalue weighted by molar-refractivity contribution is 1.25. The molecule has 0 aliphatic heterocycles. The maximum Gasteiger partial charge on any atom is 0.211 e. The molecule has 0 spiro atoms. The third-order valence-corrected chi connectivity index (χ3v) is 1.82. The topological polar surface area (TPSA) is 52.5 Å². The van der Waals surface area contributed by atoms with Crippen LogP contribution in [0.4, 0.5) is 0 Å². The molecule has 0 amide bonds. The fourth-order valence-electron chi connectivity index (χ4n) is 1.23. The van der Waals surface area contributed by atoms with E-state index in [0.717, 1.165) is 16.6 Å². The highest BCUT2D eigenvalue weighted by Crippen LogP contribution is 2.14. The summed E-state index contributed by atoms with van der Waals surface area (Å²) in [4.78, 5) is 7.03. The predicted molar refractivity (Wildman–Crippen MR) is 45.5 cm³/mol. The molecule has 0 atom stereocenters. The Balaban J connectivity index is 2.85. The highest BCUT2D eigenvalue weighted by Gasteiger charge is 2.02. The molecule has 2 aromatic rings. The minimum Gasteiger partial charge on any atom is -0.329 e. The lowest BCUT2D eigenvalue weighted by Gasteiger charge is -1.90. The van der Waals surface area contributed by atoms with Gasteiger partial charge in [0.1, 0.15) is 6.07 Å². The minimum atomic E-state index is 0.374. The van der Waals surface area contributed by atoms with Crippen LogP contribution in [0.3, 0.4) is 0 Å². The zero-order valence-electron chi connectivity index (χ0n) is 6.63. The summed E-state index contributed by atoms with van der Waals surface area (Å²) in [6.07, 6.45) is 0. The van der Waals surface area contributed by atoms with Gasteiger partial charge in [0.05, 0.1) is 11.0 Å². The Kier molecular flexibility index (Phi) is 1.34. The fraction of sp³-hybridized carbons (Fsp3) is 0.111. The van der Waals surface area contributed by atoms with E-state index < -0.39 is 0 Å². The Morgan fingerprint density at radius 1 is 1.50 bits per heavy atom. The lowest BCUT2D eigenvalue weighted by atomic mass is 10.2. The average molecular weight is 157 g/mol. The largest absolute Gasteiger partial charge is 0.329 e. The third kappa shape index (κ3) is 0.857. The molecule has 0 aliphatic rings. The molecule has 0 saturated carbocycles. The number of nitrogens with one attached hydrogen (secondary N) is 1. The summed E-state index contributed by atoms with van der Waals surface area (Å²) in [6.45, 7) is 1.98. The van der Waals surface area contributed by atoms with Crippen molar-refractivity contribution in [2.24, 2.45) is 0 Å². The monoisotopic (exact) mass is 157 g/mol. The molecule has 3 heteroatoms. The summed E-state index contributed by atoms with van der Waals surface area (Å²) < 4.78 is 0. The number of imidazole rings is 1. The number of aromatic amines is 1. The van der Waals surface area contributed by atoms with Crippen LogP contribution in [0.5, 0.6) is 0 Å². The zero-order valence-corrected chi connectivity index (χ0v) is 6.63. The van der Waals surface area contributed by atoms with Gasteiger partial charge in [0.25, 0.3) is 0 Å². The van der Waals surface area contributed by atoms with Crippen LogP contribution >= 0.6 is 0 Å². The molecule has 0 saturated heterocycles. The van der Waals surface area contributed by atoms with Crippen molar-refractivity contribution in [1.82, 2.24) is 9.97 Å². The average Bonchev–Trinajstić information content (AvgIpc) is 2.49. The summed E-state index contributed by atoms with van der Waals surface area (Å²) >= 11 is 0. The van der Waals surface area contributed by atoms with Gasteiger partial charge in [-0.05, 0) is 18.6 Å². The first kappa shape index (κ1) is 6.86. The predicted octanol–water partition coefficient (Wildman–Crippen LogP) is 1.74. The van der Waals surface area contributed by atoms with Crippen LogP contribution in [-0.2, 0) is 0 Å². The summed E-state index contributed by atoms with van der Waals surface area (Å²) in [6, 6.07) is 7.81. The molecule has 1 N–H and O–H groups in total. The van der Waals surface area contributed by atoms with Crippen LogP contribution < -0.4 is 0 Å². The standard InChI is InChI=1S/C9H7N3/c1-6-3-2-4-7-9(6)12-8(5-10)11-7/h2-4H,1H3,(H,11,12). The molecule has 1 aromatic carbocycles. The van der Waals surface area contributed by atoms with Crippen LogP contribution in [0.2, 0.25) is 0 Å². The van der Waals surface area contributed by atoms with E-state index in [-0.39, 0.29) is 0 Å². The Bertz CT molecular complexity index is 462. The molecule has 0 unspecified atom stereocenters. The zero-order chi connectivity index (χ0) is 8.55. The quantitative estimate of drug-likeness (QED) is 0.633. The van der Waals surface area contributed by atoms with E-state index in [9.17, 15) is 0 Å². The van der Waals surface area contributed by atoms with Crippen molar-refractivity contribution < 1.29 is 0 Å². The summed E-state index contributed by atoms with van der Waals surface area (Å²) in [5.41, 5.74) is 2.89. The number of nitrogens with zero attached hydrogens (tertiary/aromatic N) is 2. The van der Waals surface area contributed by atoms with Crippen LogP contribution in [0, 0.1) is 18.3 Å². The van der Waals surface area contributed by atoms with Gasteiger partial charge < -0.3 is 4.98 Å². The molecule has 0 aliphatic carbocycles. The van der Waals surface area contributed by atoms with E-state index in [1.807, 2.05) is 31.2 Å². The number of para-hydroxylation sites is 1. The number of H-pyrrole nitrogens is 1. The van der Waals surface area contributed by atoms with E-state index in [4.69, 9.17) is 5.26 Å². The van der Waals surface area contributed by atoms with Gasteiger partial charge in [-0.2, -0.15) is 5.26 Å². The number of fused-ring (bicyclic) bond motifs is 1.